The molecule has 0 saturated heterocycles. The Balaban J connectivity index is 1.07. The van der Waals surface area contributed by atoms with E-state index in [9.17, 15) is 0 Å². The van der Waals surface area contributed by atoms with Crippen LogP contribution in [0.3, 0.4) is 0 Å². The molecule has 4 aromatic heterocycles. The Morgan fingerprint density at radius 1 is 0.435 bits per heavy atom. The van der Waals surface area contributed by atoms with Gasteiger partial charge in [0.05, 0.1) is 34.0 Å². The highest BCUT2D eigenvalue weighted by Gasteiger charge is 2.16. The van der Waals surface area contributed by atoms with Crippen molar-refractivity contribution in [1.29, 1.82) is 0 Å². The quantitative estimate of drug-likeness (QED) is 0.204. The minimum atomic E-state index is 0.533. The number of benzene rings is 6. The number of aromatic nitrogens is 3. The van der Waals surface area contributed by atoms with Gasteiger partial charge in [-0.1, -0.05) is 72.8 Å². The fraction of sp³-hybridized carbons (Fsp3) is 0. The van der Waals surface area contributed by atoms with Gasteiger partial charge in [-0.2, -0.15) is 0 Å². The molecule has 0 aliphatic heterocycles. The second kappa shape index (κ2) is 9.58. The van der Waals surface area contributed by atoms with Gasteiger partial charge in [0.25, 0.3) is 0 Å². The van der Waals surface area contributed by atoms with Crippen LogP contribution >= 0.6 is 0 Å². The van der Waals surface area contributed by atoms with Crippen LogP contribution in [0.5, 0.6) is 11.6 Å². The number of ether oxygens (including phenoxy) is 1. The molecule has 0 aliphatic rings. The summed E-state index contributed by atoms with van der Waals surface area (Å²) in [6.45, 7) is 0. The van der Waals surface area contributed by atoms with Crippen molar-refractivity contribution in [1.82, 2.24) is 14.1 Å². The zero-order chi connectivity index (χ0) is 30.2. The van der Waals surface area contributed by atoms with Gasteiger partial charge in [0, 0.05) is 44.1 Å². The molecule has 6 aromatic carbocycles. The Kier molecular flexibility index (Phi) is 5.22. The van der Waals surface area contributed by atoms with Gasteiger partial charge in [-0.3, -0.25) is 0 Å². The summed E-state index contributed by atoms with van der Waals surface area (Å²) in [7, 11) is 0. The number of hydrogen-bond donors (Lipinski definition) is 0. The lowest BCUT2D eigenvalue weighted by atomic mass is 10.1. The fourth-order valence-electron chi connectivity index (χ4n) is 7.03. The molecule has 0 radical (unpaired) electrons. The van der Waals surface area contributed by atoms with Gasteiger partial charge in [0.1, 0.15) is 16.9 Å². The van der Waals surface area contributed by atoms with Crippen LogP contribution in [0.2, 0.25) is 0 Å². The van der Waals surface area contributed by atoms with Crippen LogP contribution in [-0.4, -0.2) is 14.1 Å². The summed E-state index contributed by atoms with van der Waals surface area (Å²) in [6.07, 6.45) is 1.88. The zero-order valence-corrected chi connectivity index (χ0v) is 24.6. The predicted octanol–water partition coefficient (Wildman–Crippen LogP) is 11.0. The molecule has 0 N–H and O–H groups in total. The van der Waals surface area contributed by atoms with Crippen molar-refractivity contribution in [2.75, 3.05) is 0 Å². The molecular formula is C41H25N3O2. The van der Waals surface area contributed by atoms with Crippen LogP contribution in [-0.2, 0) is 0 Å². The van der Waals surface area contributed by atoms with Crippen molar-refractivity contribution >= 4 is 65.6 Å². The van der Waals surface area contributed by atoms with E-state index < -0.39 is 0 Å². The van der Waals surface area contributed by atoms with E-state index in [0.717, 1.165) is 44.3 Å². The first-order chi connectivity index (χ1) is 22.8. The number of furan rings is 1. The molecule has 5 nitrogen and oxygen atoms in total. The Labute approximate surface area is 263 Å². The minimum Gasteiger partial charge on any atom is -0.456 e. The van der Waals surface area contributed by atoms with Crippen LogP contribution < -0.4 is 4.74 Å². The lowest BCUT2D eigenvalue weighted by Crippen LogP contribution is -1.97. The standard InChI is InChI=1S/C41H25N3O2/c1-5-13-35-29(9-1)30-10-2-6-14-36(30)43(35)26-17-20-38-33(23-26)31-11-3-7-15-37(31)44(38)27-18-22-41(42-25-27)45-28-19-21-40-34(24-28)32-12-4-8-16-39(32)46-40/h1-25H. The maximum absolute atomic E-state index is 6.21. The summed E-state index contributed by atoms with van der Waals surface area (Å²) >= 11 is 0. The molecule has 5 heteroatoms. The maximum Gasteiger partial charge on any atom is 0.219 e. The Morgan fingerprint density at radius 3 is 1.70 bits per heavy atom. The molecule has 0 fully saturated rings. The fourth-order valence-corrected chi connectivity index (χ4v) is 7.03. The number of pyridine rings is 1. The smallest absolute Gasteiger partial charge is 0.219 e. The number of rotatable bonds is 4. The Bertz CT molecular complexity index is 2730. The number of hydrogen-bond acceptors (Lipinski definition) is 3. The largest absolute Gasteiger partial charge is 0.456 e. The van der Waals surface area contributed by atoms with E-state index in [-0.39, 0.29) is 0 Å². The van der Waals surface area contributed by atoms with Crippen molar-refractivity contribution in [3.63, 3.8) is 0 Å². The third-order valence-electron chi connectivity index (χ3n) is 9.04. The summed E-state index contributed by atoms with van der Waals surface area (Å²) in [5, 5.41) is 6.99. The molecule has 0 aliphatic carbocycles. The summed E-state index contributed by atoms with van der Waals surface area (Å²) in [6, 6.07) is 50.5. The summed E-state index contributed by atoms with van der Waals surface area (Å²) < 4.78 is 16.8. The first-order valence-electron chi connectivity index (χ1n) is 15.4. The third kappa shape index (κ3) is 3.66. The average molecular weight is 592 g/mol. The van der Waals surface area contributed by atoms with Crippen LogP contribution in [0, 0.1) is 0 Å². The van der Waals surface area contributed by atoms with Gasteiger partial charge in [0.15, 0.2) is 0 Å². The first-order valence-corrected chi connectivity index (χ1v) is 15.4. The van der Waals surface area contributed by atoms with Gasteiger partial charge >= 0.3 is 0 Å². The van der Waals surface area contributed by atoms with Crippen molar-refractivity contribution in [2.45, 2.75) is 0 Å². The van der Waals surface area contributed by atoms with Crippen molar-refractivity contribution in [2.24, 2.45) is 0 Å². The topological polar surface area (TPSA) is 45.1 Å². The Hall–Kier alpha value is -6.33. The van der Waals surface area contributed by atoms with Crippen LogP contribution in [0.15, 0.2) is 156 Å². The Morgan fingerprint density at radius 2 is 1.00 bits per heavy atom. The molecule has 4 heterocycles. The molecule has 10 rings (SSSR count). The summed E-state index contributed by atoms with van der Waals surface area (Å²) in [5.74, 6) is 1.25. The van der Waals surface area contributed by atoms with Gasteiger partial charge in [-0.05, 0) is 66.7 Å². The molecule has 10 aromatic rings. The van der Waals surface area contributed by atoms with Gasteiger partial charge < -0.3 is 18.3 Å². The molecule has 0 amide bonds. The molecule has 0 bridgehead atoms. The van der Waals surface area contributed by atoms with Gasteiger partial charge in [-0.15, -0.1) is 0 Å². The van der Waals surface area contributed by atoms with Crippen LogP contribution in [0.1, 0.15) is 0 Å². The zero-order valence-electron chi connectivity index (χ0n) is 24.6. The second-order valence-electron chi connectivity index (χ2n) is 11.6. The minimum absolute atomic E-state index is 0.533. The monoisotopic (exact) mass is 591 g/mol. The highest BCUT2D eigenvalue weighted by molar-refractivity contribution is 6.12. The molecule has 0 saturated carbocycles. The van der Waals surface area contributed by atoms with E-state index in [1.54, 1.807) is 0 Å². The number of nitrogens with zero attached hydrogens (tertiary/aromatic N) is 3. The third-order valence-corrected chi connectivity index (χ3v) is 9.04. The first kappa shape index (κ1) is 25.0. The number of fused-ring (bicyclic) bond motifs is 9. The second-order valence-corrected chi connectivity index (χ2v) is 11.6. The van der Waals surface area contributed by atoms with E-state index in [1.165, 1.54) is 32.6 Å². The van der Waals surface area contributed by atoms with E-state index in [4.69, 9.17) is 14.1 Å². The SMILES string of the molecule is c1ccc2c(c1)oc1ccc(Oc3ccc(-n4c5ccccc5c5cc(-n6c7ccccc7c7ccccc76)ccc54)cn3)cc12. The van der Waals surface area contributed by atoms with E-state index in [0.29, 0.717) is 11.6 Å². The predicted molar refractivity (Wildman–Crippen MR) is 187 cm³/mol. The van der Waals surface area contributed by atoms with Crippen molar-refractivity contribution < 1.29 is 9.15 Å². The molecule has 0 atom stereocenters. The normalized spacial score (nSPS) is 11.9. The highest BCUT2D eigenvalue weighted by Crippen LogP contribution is 2.37. The summed E-state index contributed by atoms with van der Waals surface area (Å²) in [4.78, 5) is 4.73. The van der Waals surface area contributed by atoms with Gasteiger partial charge in [0.2, 0.25) is 5.88 Å². The molecule has 0 spiro atoms. The molecule has 0 unspecified atom stereocenters. The lowest BCUT2D eigenvalue weighted by molar-refractivity contribution is 0.463. The van der Waals surface area contributed by atoms with E-state index >= 15 is 0 Å². The van der Waals surface area contributed by atoms with Crippen LogP contribution in [0.25, 0.3) is 76.9 Å². The number of para-hydroxylation sites is 4. The van der Waals surface area contributed by atoms with Gasteiger partial charge in [-0.25, -0.2) is 4.98 Å². The lowest BCUT2D eigenvalue weighted by Gasteiger charge is -2.11. The maximum atomic E-state index is 6.21. The van der Waals surface area contributed by atoms with E-state index in [2.05, 4.69) is 112 Å². The average Bonchev–Trinajstić information content (AvgIpc) is 3.76. The van der Waals surface area contributed by atoms with E-state index in [1.807, 2.05) is 48.7 Å². The summed E-state index contributed by atoms with van der Waals surface area (Å²) in [5.41, 5.74) is 8.47. The van der Waals surface area contributed by atoms with Crippen molar-refractivity contribution in [3.8, 4) is 23.0 Å². The molecule has 216 valence electrons. The van der Waals surface area contributed by atoms with Crippen LogP contribution in [0.4, 0.5) is 0 Å². The van der Waals surface area contributed by atoms with Crippen molar-refractivity contribution in [3.05, 3.63) is 152 Å². The highest BCUT2D eigenvalue weighted by atomic mass is 16.5. The molecular weight excluding hydrogens is 566 g/mol. The molecule has 46 heavy (non-hydrogen) atoms.